The molecule has 17 heteroatoms. The highest BCUT2D eigenvalue weighted by molar-refractivity contribution is 5.95. The third-order valence-electron chi connectivity index (χ3n) is 8.53. The Labute approximate surface area is 296 Å². The number of esters is 1. The van der Waals surface area contributed by atoms with Crippen LogP contribution in [0, 0.1) is 0 Å². The lowest BCUT2D eigenvalue weighted by Gasteiger charge is -2.28. The number of nitrogens with one attached hydrogen (secondary N) is 1. The zero-order valence-corrected chi connectivity index (χ0v) is 28.5. The fourth-order valence-electron chi connectivity index (χ4n) is 5.66. The van der Waals surface area contributed by atoms with Crippen LogP contribution in [0.15, 0.2) is 70.5 Å². The van der Waals surface area contributed by atoms with E-state index in [0.29, 0.717) is 45.3 Å². The summed E-state index contributed by atoms with van der Waals surface area (Å²) in [6.45, 7) is 5.57. The van der Waals surface area contributed by atoms with Gasteiger partial charge in [-0.15, -0.1) is 0 Å². The second-order valence-corrected chi connectivity index (χ2v) is 11.7. The van der Waals surface area contributed by atoms with Gasteiger partial charge >= 0.3 is 17.1 Å². The molecule has 1 amide bonds. The molecule has 272 valence electrons. The smallest absolute Gasteiger partial charge is 0.360 e. The maximum absolute atomic E-state index is 12.7. The van der Waals surface area contributed by atoms with Crippen molar-refractivity contribution in [3.8, 4) is 17.2 Å². The van der Waals surface area contributed by atoms with Crippen molar-refractivity contribution in [1.82, 2.24) is 24.1 Å². The number of hydrogen-bond donors (Lipinski definition) is 3. The Bertz CT molecular complexity index is 2210. The maximum Gasteiger partial charge on any atom is 0.360 e. The molecular formula is C35H37N7O10. The maximum atomic E-state index is 12.7. The molecule has 2 aliphatic heterocycles. The monoisotopic (exact) mass is 715 g/mol. The third kappa shape index (κ3) is 7.59. The van der Waals surface area contributed by atoms with E-state index in [1.165, 1.54) is 8.80 Å². The zero-order chi connectivity index (χ0) is 36.8. The van der Waals surface area contributed by atoms with Crippen LogP contribution in [-0.2, 0) is 20.8 Å². The average Bonchev–Trinajstić information content (AvgIpc) is 3.20. The van der Waals surface area contributed by atoms with Crippen molar-refractivity contribution in [1.29, 1.82) is 0 Å². The van der Waals surface area contributed by atoms with E-state index in [4.69, 9.17) is 14.2 Å². The van der Waals surface area contributed by atoms with Crippen LogP contribution in [0.5, 0.6) is 17.2 Å². The number of nitrogens with zero attached hydrogens (tertiary/aromatic N) is 6. The standard InChI is InChI=1S/C21H22N4O5.C14H15N3O5/c1-29-16-5-2-14(3-6-16)12-22-20(27)18-19(26)21(28)25-13-15(4-7-17(25)23-18)24-8-10-30-11-9-24;1-21-14(20)11-12(18)13(19)17-8-9(2-3-10(17)15-11)16-4-6-22-7-5-16/h2-7,13,26H,8-12H2,1H3,(H,22,27);2-3,8,18H,4-7H2,1H3. The Balaban J connectivity index is 0.000000187. The van der Waals surface area contributed by atoms with Gasteiger partial charge in [-0.1, -0.05) is 12.1 Å². The third-order valence-corrected chi connectivity index (χ3v) is 8.53. The first-order valence-electron chi connectivity index (χ1n) is 16.3. The highest BCUT2D eigenvalue weighted by Crippen LogP contribution is 2.20. The van der Waals surface area contributed by atoms with Gasteiger partial charge < -0.3 is 44.3 Å². The Hall–Kier alpha value is -6.20. The summed E-state index contributed by atoms with van der Waals surface area (Å²) < 4.78 is 22.7. The van der Waals surface area contributed by atoms with E-state index >= 15 is 0 Å². The molecule has 0 unspecified atom stereocenters. The molecule has 0 aliphatic carbocycles. The highest BCUT2D eigenvalue weighted by atomic mass is 16.5. The number of aromatic hydroxyl groups is 2. The van der Waals surface area contributed by atoms with Crippen molar-refractivity contribution in [2.45, 2.75) is 6.54 Å². The number of amides is 1. The number of hydrogen-bond acceptors (Lipinski definition) is 14. The number of carbonyl (C=O) groups excluding carboxylic acids is 2. The fraction of sp³-hybridized carbons (Fsp3) is 0.314. The van der Waals surface area contributed by atoms with Crippen molar-refractivity contribution in [2.75, 3.05) is 76.6 Å². The summed E-state index contributed by atoms with van der Waals surface area (Å²) in [5, 5.41) is 22.9. The van der Waals surface area contributed by atoms with Crippen molar-refractivity contribution < 1.29 is 38.7 Å². The van der Waals surface area contributed by atoms with E-state index in [1.54, 1.807) is 43.8 Å². The van der Waals surface area contributed by atoms with Gasteiger partial charge in [0.1, 0.15) is 17.0 Å². The molecule has 2 fully saturated rings. The first-order valence-corrected chi connectivity index (χ1v) is 16.3. The summed E-state index contributed by atoms with van der Waals surface area (Å²) >= 11 is 0. The van der Waals surface area contributed by atoms with Crippen LogP contribution in [0.1, 0.15) is 26.5 Å². The fourth-order valence-corrected chi connectivity index (χ4v) is 5.66. The molecule has 52 heavy (non-hydrogen) atoms. The van der Waals surface area contributed by atoms with E-state index in [2.05, 4.69) is 29.8 Å². The normalized spacial score (nSPS) is 14.4. The number of aromatic nitrogens is 4. The van der Waals surface area contributed by atoms with Crippen LogP contribution >= 0.6 is 0 Å². The summed E-state index contributed by atoms with van der Waals surface area (Å²) in [5.74, 6) is -2.17. The number of benzene rings is 1. The first-order chi connectivity index (χ1) is 25.2. The Morgan fingerprint density at radius 2 is 1.21 bits per heavy atom. The molecule has 0 spiro atoms. The summed E-state index contributed by atoms with van der Waals surface area (Å²) in [4.78, 5) is 61.3. The number of rotatable bonds is 7. The van der Waals surface area contributed by atoms with Gasteiger partial charge in [0.2, 0.25) is 11.5 Å². The van der Waals surface area contributed by atoms with Gasteiger partial charge in [0.05, 0.1) is 52.0 Å². The van der Waals surface area contributed by atoms with Crippen molar-refractivity contribution in [3.05, 3.63) is 98.6 Å². The molecule has 4 aromatic heterocycles. The number of ether oxygens (including phenoxy) is 4. The van der Waals surface area contributed by atoms with E-state index in [9.17, 15) is 29.4 Å². The number of fused-ring (bicyclic) bond motifs is 2. The van der Waals surface area contributed by atoms with Crippen LogP contribution in [0.4, 0.5) is 11.4 Å². The molecule has 17 nitrogen and oxygen atoms in total. The Kier molecular flexibility index (Phi) is 10.8. The van der Waals surface area contributed by atoms with Crippen molar-refractivity contribution >= 4 is 34.5 Å². The average molecular weight is 716 g/mol. The summed E-state index contributed by atoms with van der Waals surface area (Å²) in [6.07, 6.45) is 3.21. The zero-order valence-electron chi connectivity index (χ0n) is 28.5. The lowest BCUT2D eigenvalue weighted by molar-refractivity contribution is 0.0590. The minimum Gasteiger partial charge on any atom is -0.501 e. The van der Waals surface area contributed by atoms with Gasteiger partial charge in [-0.25, -0.2) is 14.8 Å². The molecular weight excluding hydrogens is 678 g/mol. The second kappa shape index (κ2) is 15.8. The number of methoxy groups -OCH3 is 2. The molecule has 2 aliphatic rings. The summed E-state index contributed by atoms with van der Waals surface area (Å²) in [7, 11) is 2.74. The quantitative estimate of drug-likeness (QED) is 0.203. The van der Waals surface area contributed by atoms with Crippen LogP contribution < -0.4 is 31.0 Å². The predicted molar refractivity (Wildman–Crippen MR) is 188 cm³/mol. The van der Waals surface area contributed by atoms with E-state index in [0.717, 1.165) is 37.1 Å². The molecule has 0 atom stereocenters. The Morgan fingerprint density at radius 1 is 0.731 bits per heavy atom. The molecule has 3 N–H and O–H groups in total. The molecule has 7 rings (SSSR count). The number of anilines is 2. The van der Waals surface area contributed by atoms with Gasteiger partial charge in [0.25, 0.3) is 5.91 Å². The van der Waals surface area contributed by atoms with E-state index in [1.807, 2.05) is 24.3 Å². The van der Waals surface area contributed by atoms with Crippen molar-refractivity contribution in [3.63, 3.8) is 0 Å². The summed E-state index contributed by atoms with van der Waals surface area (Å²) in [6, 6.07) is 14.1. The second-order valence-electron chi connectivity index (χ2n) is 11.7. The molecule has 6 heterocycles. The number of pyridine rings is 2. The largest absolute Gasteiger partial charge is 0.501 e. The van der Waals surface area contributed by atoms with Crippen LogP contribution in [0.2, 0.25) is 0 Å². The number of morpholine rings is 2. The molecule has 0 bridgehead atoms. The van der Waals surface area contributed by atoms with Gasteiger partial charge in [-0.3, -0.25) is 23.2 Å². The van der Waals surface area contributed by atoms with Gasteiger partial charge in [-0.2, -0.15) is 0 Å². The molecule has 5 aromatic rings. The van der Waals surface area contributed by atoms with E-state index in [-0.39, 0.29) is 29.2 Å². The molecule has 1 aromatic carbocycles. The molecule has 0 saturated carbocycles. The van der Waals surface area contributed by atoms with Crippen LogP contribution in [0.3, 0.4) is 0 Å². The first kappa shape index (κ1) is 35.6. The lowest BCUT2D eigenvalue weighted by atomic mass is 10.2. The molecule has 0 radical (unpaired) electrons. The SMILES string of the molecule is COC(=O)c1nc2ccc(N3CCOCC3)cn2c(=O)c1O.COc1ccc(CNC(=O)c2nc3ccc(N4CCOCC4)cn3c(=O)c2O)cc1. The predicted octanol–water partition coefficient (Wildman–Crippen LogP) is 1.20. The van der Waals surface area contributed by atoms with Crippen molar-refractivity contribution in [2.24, 2.45) is 0 Å². The van der Waals surface area contributed by atoms with Crippen LogP contribution in [-0.4, -0.2) is 108 Å². The molecule has 2 saturated heterocycles. The highest BCUT2D eigenvalue weighted by Gasteiger charge is 2.21. The minimum absolute atomic E-state index is 0.222. The lowest BCUT2D eigenvalue weighted by Crippen LogP contribution is -2.36. The minimum atomic E-state index is -0.852. The topological polar surface area (TPSA) is 199 Å². The van der Waals surface area contributed by atoms with Gasteiger partial charge in [0.15, 0.2) is 11.4 Å². The van der Waals surface area contributed by atoms with Gasteiger partial charge in [-0.05, 0) is 42.0 Å². The van der Waals surface area contributed by atoms with Gasteiger partial charge in [0, 0.05) is 45.1 Å². The van der Waals surface area contributed by atoms with E-state index < -0.39 is 34.5 Å². The number of carbonyl (C=O) groups is 2. The van der Waals surface area contributed by atoms with Crippen LogP contribution in [0.25, 0.3) is 11.3 Å². The Morgan fingerprint density at radius 3 is 1.69 bits per heavy atom. The summed E-state index contributed by atoms with van der Waals surface area (Å²) in [5.41, 5.74) is 0.959.